The smallest absolute Gasteiger partial charge is 0.241 e. The van der Waals surface area contributed by atoms with E-state index in [-0.39, 0.29) is 29.3 Å². The molecular formula is C17H28ClN3O3S2. The predicted molar refractivity (Wildman–Crippen MR) is 111 cm³/mol. The van der Waals surface area contributed by atoms with Crippen molar-refractivity contribution in [3.63, 3.8) is 0 Å². The Morgan fingerprint density at radius 3 is 2.62 bits per heavy atom. The van der Waals surface area contributed by atoms with E-state index in [4.69, 9.17) is 0 Å². The molecule has 1 aromatic rings. The van der Waals surface area contributed by atoms with Gasteiger partial charge in [0.2, 0.25) is 15.9 Å². The maximum absolute atomic E-state index is 12.6. The number of amides is 1. The molecular weight excluding hydrogens is 394 g/mol. The molecule has 9 heteroatoms. The fourth-order valence-electron chi connectivity index (χ4n) is 2.67. The molecule has 1 aromatic carbocycles. The van der Waals surface area contributed by atoms with Gasteiger partial charge in [-0.05, 0) is 45.4 Å². The van der Waals surface area contributed by atoms with Gasteiger partial charge in [0.1, 0.15) is 0 Å². The highest BCUT2D eigenvalue weighted by Gasteiger charge is 2.25. The first-order valence-corrected chi connectivity index (χ1v) is 11.0. The van der Waals surface area contributed by atoms with Gasteiger partial charge in [0.25, 0.3) is 0 Å². The first-order valence-electron chi connectivity index (χ1n) is 8.33. The van der Waals surface area contributed by atoms with E-state index in [1.807, 2.05) is 11.8 Å². The van der Waals surface area contributed by atoms with Crippen molar-refractivity contribution in [1.29, 1.82) is 0 Å². The average molecular weight is 422 g/mol. The summed E-state index contributed by atoms with van der Waals surface area (Å²) in [5, 5.41) is 6.18. The van der Waals surface area contributed by atoms with Crippen LogP contribution in [0.5, 0.6) is 0 Å². The lowest BCUT2D eigenvalue weighted by Gasteiger charge is -2.23. The first-order chi connectivity index (χ1) is 11.6. The second kappa shape index (κ2) is 9.41. The average Bonchev–Trinajstić information content (AvgIpc) is 2.47. The van der Waals surface area contributed by atoms with Crippen LogP contribution >= 0.6 is 24.2 Å². The molecule has 1 fully saturated rings. The predicted octanol–water partition coefficient (Wildman–Crippen LogP) is 2.53. The zero-order chi connectivity index (χ0) is 18.7. The third-order valence-electron chi connectivity index (χ3n) is 3.72. The van der Waals surface area contributed by atoms with Crippen LogP contribution in [0.25, 0.3) is 0 Å². The summed E-state index contributed by atoms with van der Waals surface area (Å²) < 4.78 is 27.8. The Kier molecular flexibility index (Phi) is 8.41. The van der Waals surface area contributed by atoms with Gasteiger partial charge in [-0.3, -0.25) is 4.79 Å². The Hall–Kier alpha value is -0.800. The molecule has 1 aliphatic rings. The number of carbonyl (C=O) groups excluding carboxylic acids is 1. The molecule has 26 heavy (non-hydrogen) atoms. The number of thioether (sulfide) groups is 1. The fourth-order valence-corrected chi connectivity index (χ4v) is 5.31. The van der Waals surface area contributed by atoms with E-state index in [2.05, 4.69) is 15.4 Å². The summed E-state index contributed by atoms with van der Waals surface area (Å²) in [6.07, 6.45) is 0.379. The molecule has 1 unspecified atom stereocenters. The molecule has 0 aliphatic carbocycles. The van der Waals surface area contributed by atoms with Crippen LogP contribution in [0.3, 0.4) is 0 Å². The highest BCUT2D eigenvalue weighted by atomic mass is 35.5. The molecule has 2 rings (SSSR count). The lowest BCUT2D eigenvalue weighted by molar-refractivity contribution is -0.116. The summed E-state index contributed by atoms with van der Waals surface area (Å²) >= 11 is 1.84. The van der Waals surface area contributed by atoms with Crippen LogP contribution in [-0.4, -0.2) is 44.0 Å². The van der Waals surface area contributed by atoms with Gasteiger partial charge >= 0.3 is 0 Å². The minimum Gasteiger partial charge on any atom is -0.326 e. The van der Waals surface area contributed by atoms with E-state index in [0.717, 1.165) is 18.1 Å². The summed E-state index contributed by atoms with van der Waals surface area (Å²) in [5.41, 5.74) is 0.498. The molecule has 3 N–H and O–H groups in total. The number of nitrogens with one attached hydrogen (secondary N) is 3. The maximum atomic E-state index is 12.6. The molecule has 0 spiro atoms. The molecule has 1 aliphatic heterocycles. The molecule has 1 amide bonds. The van der Waals surface area contributed by atoms with Crippen LogP contribution < -0.4 is 15.4 Å². The van der Waals surface area contributed by atoms with E-state index in [0.29, 0.717) is 17.7 Å². The number of anilines is 1. The summed E-state index contributed by atoms with van der Waals surface area (Å²) in [5.74, 6) is 1.87. The van der Waals surface area contributed by atoms with Gasteiger partial charge in [0, 0.05) is 41.7 Å². The number of carbonyl (C=O) groups is 1. The zero-order valence-corrected chi connectivity index (χ0v) is 18.0. The van der Waals surface area contributed by atoms with Crippen molar-refractivity contribution in [2.75, 3.05) is 23.4 Å². The second-order valence-corrected chi connectivity index (χ2v) is 10.1. The first kappa shape index (κ1) is 23.2. The van der Waals surface area contributed by atoms with E-state index >= 15 is 0 Å². The Balaban J connectivity index is 0.00000338. The third-order valence-corrected chi connectivity index (χ3v) is 6.75. The minimum atomic E-state index is -3.65. The van der Waals surface area contributed by atoms with Gasteiger partial charge in [0.15, 0.2) is 0 Å². The molecule has 148 valence electrons. The van der Waals surface area contributed by atoms with Gasteiger partial charge in [-0.25, -0.2) is 13.1 Å². The third kappa shape index (κ3) is 6.74. The van der Waals surface area contributed by atoms with E-state index in [9.17, 15) is 13.2 Å². The lowest BCUT2D eigenvalue weighted by atomic mass is 10.1. The quantitative estimate of drug-likeness (QED) is 0.680. The fraction of sp³-hybridized carbons (Fsp3) is 0.588. The zero-order valence-electron chi connectivity index (χ0n) is 15.6. The van der Waals surface area contributed by atoms with Crippen LogP contribution in [0.4, 0.5) is 5.69 Å². The lowest BCUT2D eigenvalue weighted by Crippen LogP contribution is -2.41. The van der Waals surface area contributed by atoms with Crippen LogP contribution in [0.15, 0.2) is 23.1 Å². The molecule has 1 saturated heterocycles. The van der Waals surface area contributed by atoms with Crippen molar-refractivity contribution < 1.29 is 13.2 Å². The van der Waals surface area contributed by atoms with Gasteiger partial charge in [-0.1, -0.05) is 6.07 Å². The minimum absolute atomic E-state index is 0. The van der Waals surface area contributed by atoms with Crippen molar-refractivity contribution in [2.24, 2.45) is 0 Å². The molecule has 0 saturated carbocycles. The summed E-state index contributed by atoms with van der Waals surface area (Å²) in [7, 11) is -3.65. The summed E-state index contributed by atoms with van der Waals surface area (Å²) in [6, 6.07) is 5.09. The monoisotopic (exact) mass is 421 g/mol. The number of hydrogen-bond acceptors (Lipinski definition) is 5. The Labute approximate surface area is 166 Å². The molecule has 1 atom stereocenters. The standard InChI is InChI=1S/C17H27N3O3S2.ClH/c1-12-14(19-16(21)10-13-11-24-9-8-18-13)6-5-7-15(12)25(22,23)20-17(2,3)4;/h5-7,13,18,20H,8-11H2,1-4H3,(H,19,21);1H. The van der Waals surface area contributed by atoms with Gasteiger partial charge in [-0.2, -0.15) is 11.8 Å². The Bertz CT molecular complexity index is 727. The Morgan fingerprint density at radius 1 is 1.35 bits per heavy atom. The molecule has 0 bridgehead atoms. The van der Waals surface area contributed by atoms with Crippen LogP contribution in [0.1, 0.15) is 32.8 Å². The topological polar surface area (TPSA) is 87.3 Å². The van der Waals surface area contributed by atoms with Gasteiger partial charge in [-0.15, -0.1) is 12.4 Å². The van der Waals surface area contributed by atoms with Crippen molar-refractivity contribution in [2.45, 2.75) is 50.6 Å². The van der Waals surface area contributed by atoms with Gasteiger partial charge in [0.05, 0.1) is 4.90 Å². The Morgan fingerprint density at radius 2 is 2.04 bits per heavy atom. The molecule has 6 nitrogen and oxygen atoms in total. The summed E-state index contributed by atoms with van der Waals surface area (Å²) in [4.78, 5) is 12.5. The van der Waals surface area contributed by atoms with Crippen LogP contribution in [0, 0.1) is 6.92 Å². The molecule has 1 heterocycles. The number of hydrogen-bond donors (Lipinski definition) is 3. The largest absolute Gasteiger partial charge is 0.326 e. The highest BCUT2D eigenvalue weighted by molar-refractivity contribution is 7.99. The number of rotatable bonds is 5. The number of sulfonamides is 1. The van der Waals surface area contributed by atoms with Crippen molar-refractivity contribution in [3.8, 4) is 0 Å². The number of halogens is 1. The van der Waals surface area contributed by atoms with Crippen molar-refractivity contribution >= 4 is 45.8 Å². The van der Waals surface area contributed by atoms with Crippen molar-refractivity contribution in [1.82, 2.24) is 10.0 Å². The van der Waals surface area contributed by atoms with E-state index < -0.39 is 15.6 Å². The number of benzene rings is 1. The maximum Gasteiger partial charge on any atom is 0.241 e. The normalized spacial score (nSPS) is 18.1. The van der Waals surface area contributed by atoms with Gasteiger partial charge < -0.3 is 10.6 Å². The highest BCUT2D eigenvalue weighted by Crippen LogP contribution is 2.24. The molecule has 0 radical (unpaired) electrons. The molecule has 0 aromatic heterocycles. The second-order valence-electron chi connectivity index (χ2n) is 7.26. The van der Waals surface area contributed by atoms with E-state index in [1.54, 1.807) is 45.9 Å². The van der Waals surface area contributed by atoms with Crippen LogP contribution in [0.2, 0.25) is 0 Å². The van der Waals surface area contributed by atoms with E-state index in [1.165, 1.54) is 0 Å². The van der Waals surface area contributed by atoms with Crippen LogP contribution in [-0.2, 0) is 14.8 Å². The summed E-state index contributed by atoms with van der Waals surface area (Å²) in [6.45, 7) is 8.00. The van der Waals surface area contributed by atoms with Crippen molar-refractivity contribution in [3.05, 3.63) is 23.8 Å². The SMILES string of the molecule is Cc1c(NC(=O)CC2CSCCN2)cccc1S(=O)(=O)NC(C)(C)C.Cl.